The Kier molecular flexibility index (Phi) is 5.17. The highest BCUT2D eigenvalue weighted by molar-refractivity contribution is 14.1. The molecule has 0 aliphatic rings. The van der Waals surface area contributed by atoms with E-state index in [-0.39, 0.29) is 11.4 Å². The molecule has 2 aromatic carbocycles. The first-order valence-electron chi connectivity index (χ1n) is 6.14. The molecule has 0 aliphatic carbocycles. The van der Waals surface area contributed by atoms with Crippen LogP contribution in [0.3, 0.4) is 0 Å². The first kappa shape index (κ1) is 16.2. The third kappa shape index (κ3) is 4.14. The number of anilines is 1. The number of nitrogens with one attached hydrogen (secondary N) is 2. The van der Waals surface area contributed by atoms with Gasteiger partial charge >= 0.3 is 0 Å². The average molecular weight is 420 g/mol. The highest BCUT2D eigenvalue weighted by Gasteiger charge is 2.16. The van der Waals surface area contributed by atoms with Crippen molar-refractivity contribution in [1.82, 2.24) is 5.32 Å². The second kappa shape index (κ2) is 6.71. The lowest BCUT2D eigenvalue weighted by Crippen LogP contribution is -2.14. The van der Waals surface area contributed by atoms with Crippen LogP contribution in [0.25, 0.3) is 0 Å². The lowest BCUT2D eigenvalue weighted by molar-refractivity contribution is 0.592. The minimum absolute atomic E-state index is 0.0352. The van der Waals surface area contributed by atoms with Crippen molar-refractivity contribution in [2.45, 2.75) is 11.4 Å². The highest BCUT2D eigenvalue weighted by Crippen LogP contribution is 2.20. The molecule has 7 heteroatoms. The summed E-state index contributed by atoms with van der Waals surface area (Å²) >= 11 is 2.10. The van der Waals surface area contributed by atoms with Gasteiger partial charge in [0.2, 0.25) is 0 Å². The van der Waals surface area contributed by atoms with Crippen molar-refractivity contribution >= 4 is 38.3 Å². The zero-order valence-corrected chi connectivity index (χ0v) is 14.2. The fourth-order valence-corrected chi connectivity index (χ4v) is 3.45. The molecular formula is C14H14FIN2O2S. The lowest BCUT2D eigenvalue weighted by atomic mass is 10.2. The smallest absolute Gasteiger partial charge is 0.261 e. The molecule has 0 saturated heterocycles. The Morgan fingerprint density at radius 3 is 2.62 bits per heavy atom. The number of benzene rings is 2. The van der Waals surface area contributed by atoms with Crippen molar-refractivity contribution in [1.29, 1.82) is 0 Å². The predicted molar refractivity (Wildman–Crippen MR) is 89.1 cm³/mol. The normalized spacial score (nSPS) is 11.4. The molecule has 0 spiro atoms. The molecule has 0 fully saturated rings. The van der Waals surface area contributed by atoms with E-state index < -0.39 is 15.8 Å². The summed E-state index contributed by atoms with van der Waals surface area (Å²) in [5.41, 5.74) is 0.782. The zero-order chi connectivity index (χ0) is 15.5. The number of rotatable bonds is 5. The number of hydrogen-bond acceptors (Lipinski definition) is 3. The SMILES string of the molecule is CNCc1cc(S(=O)(=O)Nc2cccc(I)c2)ccc1F. The molecule has 0 heterocycles. The van der Waals surface area contributed by atoms with Crippen LogP contribution in [0.2, 0.25) is 0 Å². The van der Waals surface area contributed by atoms with Crippen molar-refractivity contribution in [2.75, 3.05) is 11.8 Å². The molecule has 21 heavy (non-hydrogen) atoms. The van der Waals surface area contributed by atoms with Gasteiger partial charge in [-0.05, 0) is 66.0 Å². The van der Waals surface area contributed by atoms with Gasteiger partial charge in [0.1, 0.15) is 5.82 Å². The fraction of sp³-hybridized carbons (Fsp3) is 0.143. The van der Waals surface area contributed by atoms with Crippen LogP contribution in [0.5, 0.6) is 0 Å². The van der Waals surface area contributed by atoms with Crippen LogP contribution in [0.4, 0.5) is 10.1 Å². The first-order valence-corrected chi connectivity index (χ1v) is 8.70. The Hall–Kier alpha value is -1.19. The van der Waals surface area contributed by atoms with Crippen molar-refractivity contribution in [3.63, 3.8) is 0 Å². The molecule has 0 saturated carbocycles. The maximum absolute atomic E-state index is 13.6. The minimum Gasteiger partial charge on any atom is -0.316 e. The quantitative estimate of drug-likeness (QED) is 0.732. The summed E-state index contributed by atoms with van der Waals surface area (Å²) in [6.07, 6.45) is 0. The van der Waals surface area contributed by atoms with Gasteiger partial charge in [-0.25, -0.2) is 12.8 Å². The molecule has 4 nitrogen and oxygen atoms in total. The first-order chi connectivity index (χ1) is 9.92. The molecule has 2 N–H and O–H groups in total. The van der Waals surface area contributed by atoms with Crippen LogP contribution in [0, 0.1) is 9.39 Å². The Bertz CT molecular complexity index is 750. The molecule has 2 aromatic rings. The van der Waals surface area contributed by atoms with Crippen LogP contribution >= 0.6 is 22.6 Å². The molecule has 0 aromatic heterocycles. The van der Waals surface area contributed by atoms with Gasteiger partial charge in [-0.15, -0.1) is 0 Å². The van der Waals surface area contributed by atoms with Gasteiger partial charge in [-0.2, -0.15) is 0 Å². The van der Waals surface area contributed by atoms with Gasteiger partial charge in [0.15, 0.2) is 0 Å². The van der Waals surface area contributed by atoms with E-state index in [9.17, 15) is 12.8 Å². The molecule has 0 radical (unpaired) electrons. The molecular weight excluding hydrogens is 406 g/mol. The molecule has 0 unspecified atom stereocenters. The summed E-state index contributed by atoms with van der Waals surface area (Å²) < 4.78 is 41.6. The van der Waals surface area contributed by atoms with E-state index in [0.29, 0.717) is 11.3 Å². The van der Waals surface area contributed by atoms with Crippen molar-refractivity contribution in [2.24, 2.45) is 0 Å². The molecule has 0 amide bonds. The summed E-state index contributed by atoms with van der Waals surface area (Å²) in [4.78, 5) is 0.0352. The van der Waals surface area contributed by atoms with E-state index in [1.807, 2.05) is 6.07 Å². The van der Waals surface area contributed by atoms with Gasteiger partial charge in [-0.1, -0.05) is 6.07 Å². The van der Waals surface area contributed by atoms with Gasteiger partial charge in [-0.3, -0.25) is 4.72 Å². The second-order valence-electron chi connectivity index (χ2n) is 4.40. The maximum atomic E-state index is 13.6. The zero-order valence-electron chi connectivity index (χ0n) is 11.2. The monoisotopic (exact) mass is 420 g/mol. The third-order valence-electron chi connectivity index (χ3n) is 2.77. The van der Waals surface area contributed by atoms with E-state index in [1.165, 1.54) is 12.1 Å². The molecule has 0 aliphatic heterocycles. The molecule has 112 valence electrons. The summed E-state index contributed by atoms with van der Waals surface area (Å²) in [6, 6.07) is 10.8. The van der Waals surface area contributed by atoms with E-state index in [2.05, 4.69) is 32.6 Å². The fourth-order valence-electron chi connectivity index (χ4n) is 1.81. The Morgan fingerprint density at radius 2 is 1.95 bits per heavy atom. The Labute approximate surface area is 137 Å². The molecule has 0 bridgehead atoms. The Morgan fingerprint density at radius 1 is 1.19 bits per heavy atom. The van der Waals surface area contributed by atoms with Crippen LogP contribution in [0.15, 0.2) is 47.4 Å². The number of hydrogen-bond donors (Lipinski definition) is 2. The van der Waals surface area contributed by atoms with Crippen LogP contribution in [0.1, 0.15) is 5.56 Å². The van der Waals surface area contributed by atoms with Gasteiger partial charge in [0.05, 0.1) is 4.90 Å². The number of sulfonamides is 1. The number of halogens is 2. The van der Waals surface area contributed by atoms with E-state index in [0.717, 1.165) is 9.64 Å². The average Bonchev–Trinajstić information content (AvgIpc) is 2.41. The summed E-state index contributed by atoms with van der Waals surface area (Å²) in [5, 5.41) is 2.80. The van der Waals surface area contributed by atoms with Crippen LogP contribution in [-0.4, -0.2) is 15.5 Å². The van der Waals surface area contributed by atoms with Gasteiger partial charge in [0.25, 0.3) is 10.0 Å². The van der Waals surface area contributed by atoms with Crippen molar-refractivity contribution in [3.05, 3.63) is 57.4 Å². The lowest BCUT2D eigenvalue weighted by Gasteiger charge is -2.10. The van der Waals surface area contributed by atoms with Crippen LogP contribution in [-0.2, 0) is 16.6 Å². The highest BCUT2D eigenvalue weighted by atomic mass is 127. The molecule has 2 rings (SSSR count). The standard InChI is InChI=1S/C14H14FIN2O2S/c1-17-9-10-7-13(5-6-14(10)15)21(19,20)18-12-4-2-3-11(16)8-12/h2-8,17-18H,9H2,1H3. The van der Waals surface area contributed by atoms with Crippen LogP contribution < -0.4 is 10.0 Å². The summed E-state index contributed by atoms with van der Waals surface area (Å²) in [7, 11) is -2.06. The predicted octanol–water partition coefficient (Wildman–Crippen LogP) is 2.95. The van der Waals surface area contributed by atoms with E-state index in [4.69, 9.17) is 0 Å². The Balaban J connectivity index is 2.33. The summed E-state index contributed by atoms with van der Waals surface area (Å²) in [6.45, 7) is 0.262. The van der Waals surface area contributed by atoms with Gasteiger partial charge in [0, 0.05) is 21.4 Å². The van der Waals surface area contributed by atoms with Crippen molar-refractivity contribution in [3.8, 4) is 0 Å². The van der Waals surface area contributed by atoms with Crippen molar-refractivity contribution < 1.29 is 12.8 Å². The van der Waals surface area contributed by atoms with E-state index in [1.54, 1.807) is 25.2 Å². The maximum Gasteiger partial charge on any atom is 0.261 e. The second-order valence-corrected chi connectivity index (χ2v) is 7.33. The topological polar surface area (TPSA) is 58.2 Å². The van der Waals surface area contributed by atoms with Gasteiger partial charge < -0.3 is 5.32 Å². The largest absolute Gasteiger partial charge is 0.316 e. The third-order valence-corrected chi connectivity index (χ3v) is 4.82. The minimum atomic E-state index is -3.74. The summed E-state index contributed by atoms with van der Waals surface area (Å²) in [5.74, 6) is -0.433. The van der Waals surface area contributed by atoms with E-state index >= 15 is 0 Å². The molecule has 0 atom stereocenters.